The van der Waals surface area contributed by atoms with Gasteiger partial charge in [-0.2, -0.15) is 0 Å². The molecule has 0 aliphatic rings. The largest absolute Gasteiger partial charge is 0.379 e. The van der Waals surface area contributed by atoms with Gasteiger partial charge in [-0.3, -0.25) is 10.1 Å². The smallest absolute Gasteiger partial charge is 0.274 e. The molecule has 0 spiro atoms. The lowest BCUT2D eigenvalue weighted by atomic mass is 10.2. The summed E-state index contributed by atoms with van der Waals surface area (Å²) < 4.78 is 0. The Morgan fingerprint density at radius 2 is 2.06 bits per heavy atom. The van der Waals surface area contributed by atoms with Crippen molar-refractivity contribution in [2.75, 3.05) is 5.32 Å². The van der Waals surface area contributed by atoms with Crippen molar-refractivity contribution in [3.8, 4) is 0 Å². The van der Waals surface area contributed by atoms with Gasteiger partial charge in [-0.1, -0.05) is 29.8 Å². The molecule has 0 saturated heterocycles. The second-order valence-electron chi connectivity index (χ2n) is 3.61. The summed E-state index contributed by atoms with van der Waals surface area (Å²) in [7, 11) is 0. The summed E-state index contributed by atoms with van der Waals surface area (Å²) in [4.78, 5) is 14.4. The minimum absolute atomic E-state index is 0.104. The van der Waals surface area contributed by atoms with Gasteiger partial charge in [0.25, 0.3) is 5.69 Å². The molecule has 0 bridgehead atoms. The minimum atomic E-state index is -0.392. The SMILES string of the molecule is O=[N+]([O-])c1ccccc1CNc1ccc(Cl)nc1. The number of nitrogens with zero attached hydrogens (tertiary/aromatic N) is 2. The van der Waals surface area contributed by atoms with Crippen molar-refractivity contribution in [1.29, 1.82) is 0 Å². The van der Waals surface area contributed by atoms with Crippen LogP contribution >= 0.6 is 11.6 Å². The summed E-state index contributed by atoms with van der Waals surface area (Å²) in [5, 5.41) is 14.3. The van der Waals surface area contributed by atoms with Crippen LogP contribution in [0, 0.1) is 10.1 Å². The highest BCUT2D eigenvalue weighted by molar-refractivity contribution is 6.29. The summed E-state index contributed by atoms with van der Waals surface area (Å²) in [5.41, 5.74) is 1.49. The summed E-state index contributed by atoms with van der Waals surface area (Å²) >= 11 is 5.67. The van der Waals surface area contributed by atoms with Crippen molar-refractivity contribution < 1.29 is 4.92 Å². The van der Waals surface area contributed by atoms with E-state index >= 15 is 0 Å². The molecule has 92 valence electrons. The highest BCUT2D eigenvalue weighted by Gasteiger charge is 2.11. The molecule has 0 unspecified atom stereocenters. The number of aromatic nitrogens is 1. The highest BCUT2D eigenvalue weighted by atomic mass is 35.5. The molecule has 0 aliphatic carbocycles. The van der Waals surface area contributed by atoms with E-state index in [9.17, 15) is 10.1 Å². The van der Waals surface area contributed by atoms with Gasteiger partial charge in [-0.15, -0.1) is 0 Å². The van der Waals surface area contributed by atoms with Gasteiger partial charge >= 0.3 is 0 Å². The fourth-order valence-corrected chi connectivity index (χ4v) is 1.63. The lowest BCUT2D eigenvalue weighted by molar-refractivity contribution is -0.385. The molecule has 0 fully saturated rings. The van der Waals surface area contributed by atoms with E-state index in [0.29, 0.717) is 17.3 Å². The van der Waals surface area contributed by atoms with Gasteiger partial charge in [0.05, 0.1) is 16.8 Å². The maximum absolute atomic E-state index is 10.8. The third-order valence-corrected chi connectivity index (χ3v) is 2.62. The number of nitrogens with one attached hydrogen (secondary N) is 1. The van der Waals surface area contributed by atoms with E-state index in [0.717, 1.165) is 5.69 Å². The normalized spacial score (nSPS) is 10.1. The molecule has 6 heteroatoms. The lowest BCUT2D eigenvalue weighted by Crippen LogP contribution is -2.03. The Kier molecular flexibility index (Phi) is 3.74. The van der Waals surface area contributed by atoms with Crippen molar-refractivity contribution in [3.05, 3.63) is 63.4 Å². The van der Waals surface area contributed by atoms with E-state index in [1.54, 1.807) is 36.5 Å². The maximum Gasteiger partial charge on any atom is 0.274 e. The Balaban J connectivity index is 2.10. The van der Waals surface area contributed by atoms with Gasteiger partial charge in [-0.05, 0) is 12.1 Å². The summed E-state index contributed by atoms with van der Waals surface area (Å²) in [6.07, 6.45) is 1.58. The average Bonchev–Trinajstić information content (AvgIpc) is 2.38. The zero-order valence-electron chi connectivity index (χ0n) is 9.34. The highest BCUT2D eigenvalue weighted by Crippen LogP contribution is 2.19. The predicted molar refractivity (Wildman–Crippen MR) is 69.7 cm³/mol. The van der Waals surface area contributed by atoms with Crippen LogP contribution in [-0.4, -0.2) is 9.91 Å². The number of pyridine rings is 1. The number of rotatable bonds is 4. The molecular weight excluding hydrogens is 254 g/mol. The molecule has 1 aromatic carbocycles. The third kappa shape index (κ3) is 2.95. The van der Waals surface area contributed by atoms with Crippen LogP contribution in [0.15, 0.2) is 42.6 Å². The number of anilines is 1. The van der Waals surface area contributed by atoms with E-state index in [2.05, 4.69) is 10.3 Å². The van der Waals surface area contributed by atoms with Gasteiger partial charge < -0.3 is 5.32 Å². The van der Waals surface area contributed by atoms with Crippen LogP contribution in [0.5, 0.6) is 0 Å². The third-order valence-electron chi connectivity index (χ3n) is 2.40. The second-order valence-corrected chi connectivity index (χ2v) is 4.00. The predicted octanol–water partition coefficient (Wildman–Crippen LogP) is 3.26. The molecule has 2 rings (SSSR count). The van der Waals surface area contributed by atoms with Gasteiger partial charge in [-0.25, -0.2) is 4.98 Å². The van der Waals surface area contributed by atoms with Crippen LogP contribution in [-0.2, 0) is 6.54 Å². The number of hydrogen-bond donors (Lipinski definition) is 1. The van der Waals surface area contributed by atoms with Crippen LogP contribution in [0.25, 0.3) is 0 Å². The Labute approximate surface area is 109 Å². The molecule has 2 aromatic rings. The number of nitro benzene ring substituents is 1. The van der Waals surface area contributed by atoms with Gasteiger partial charge in [0.1, 0.15) is 5.15 Å². The molecular formula is C12H10ClN3O2. The Morgan fingerprint density at radius 3 is 2.72 bits per heavy atom. The minimum Gasteiger partial charge on any atom is -0.379 e. The molecule has 0 aliphatic heterocycles. The molecule has 18 heavy (non-hydrogen) atoms. The van der Waals surface area contributed by atoms with Gasteiger partial charge in [0, 0.05) is 18.2 Å². The zero-order chi connectivity index (χ0) is 13.0. The molecule has 5 nitrogen and oxygen atoms in total. The lowest BCUT2D eigenvalue weighted by Gasteiger charge is -2.06. The van der Waals surface area contributed by atoms with Crippen LogP contribution in [0.2, 0.25) is 5.15 Å². The fraction of sp³-hybridized carbons (Fsp3) is 0.0833. The molecule has 1 aromatic heterocycles. The first-order valence-electron chi connectivity index (χ1n) is 5.24. The number of nitro groups is 1. The average molecular weight is 264 g/mol. The van der Waals surface area contributed by atoms with E-state index in [1.807, 2.05) is 0 Å². The molecule has 1 heterocycles. The molecule has 0 atom stereocenters. The summed E-state index contributed by atoms with van der Waals surface area (Å²) in [6.45, 7) is 0.362. The second kappa shape index (κ2) is 5.46. The van der Waals surface area contributed by atoms with E-state index < -0.39 is 4.92 Å². The fourth-order valence-electron chi connectivity index (χ4n) is 1.52. The molecule has 0 amide bonds. The molecule has 0 radical (unpaired) electrons. The standard InChI is InChI=1S/C12H10ClN3O2/c13-12-6-5-10(8-15-12)14-7-9-3-1-2-4-11(9)16(17)18/h1-6,8,14H,7H2. The Bertz CT molecular complexity index is 558. The number of halogens is 1. The summed E-state index contributed by atoms with van der Waals surface area (Å²) in [5.74, 6) is 0. The zero-order valence-corrected chi connectivity index (χ0v) is 10.1. The van der Waals surface area contributed by atoms with Crippen molar-refractivity contribution >= 4 is 23.0 Å². The van der Waals surface area contributed by atoms with E-state index in [1.165, 1.54) is 6.07 Å². The first-order valence-corrected chi connectivity index (χ1v) is 5.62. The maximum atomic E-state index is 10.8. The van der Waals surface area contributed by atoms with Gasteiger partial charge in [0.2, 0.25) is 0 Å². The Morgan fingerprint density at radius 1 is 1.28 bits per heavy atom. The van der Waals surface area contributed by atoms with E-state index in [4.69, 9.17) is 11.6 Å². The Hall–Kier alpha value is -2.14. The van der Waals surface area contributed by atoms with E-state index in [-0.39, 0.29) is 5.69 Å². The van der Waals surface area contributed by atoms with Crippen molar-refractivity contribution in [2.45, 2.75) is 6.54 Å². The van der Waals surface area contributed by atoms with Crippen molar-refractivity contribution in [2.24, 2.45) is 0 Å². The van der Waals surface area contributed by atoms with Crippen molar-refractivity contribution in [1.82, 2.24) is 4.98 Å². The van der Waals surface area contributed by atoms with Crippen LogP contribution in [0.4, 0.5) is 11.4 Å². The quantitative estimate of drug-likeness (QED) is 0.522. The van der Waals surface area contributed by atoms with Crippen LogP contribution < -0.4 is 5.32 Å². The first kappa shape index (κ1) is 12.3. The topological polar surface area (TPSA) is 68.1 Å². The molecule has 1 N–H and O–H groups in total. The molecule has 0 saturated carbocycles. The number of benzene rings is 1. The van der Waals surface area contributed by atoms with Crippen LogP contribution in [0.1, 0.15) is 5.56 Å². The van der Waals surface area contributed by atoms with Crippen LogP contribution in [0.3, 0.4) is 0 Å². The number of hydrogen-bond acceptors (Lipinski definition) is 4. The monoisotopic (exact) mass is 263 g/mol. The van der Waals surface area contributed by atoms with Crippen molar-refractivity contribution in [3.63, 3.8) is 0 Å². The first-order chi connectivity index (χ1) is 8.66. The number of para-hydroxylation sites is 1. The summed E-state index contributed by atoms with van der Waals surface area (Å²) in [6, 6.07) is 10.0. The van der Waals surface area contributed by atoms with Gasteiger partial charge in [0.15, 0.2) is 0 Å².